The van der Waals surface area contributed by atoms with Gasteiger partial charge in [0.15, 0.2) is 0 Å². The minimum Gasteiger partial charge on any atom is -0.481 e. The van der Waals surface area contributed by atoms with Crippen molar-refractivity contribution in [3.8, 4) is 5.88 Å². The largest absolute Gasteiger partial charge is 0.481 e. The van der Waals surface area contributed by atoms with E-state index < -0.39 is 0 Å². The minimum atomic E-state index is -0.166. The highest BCUT2D eigenvalue weighted by Crippen LogP contribution is 2.35. The molecule has 3 aliphatic rings. The van der Waals surface area contributed by atoms with Crippen LogP contribution in [0.25, 0.3) is 0 Å². The Hall–Kier alpha value is -2.45. The van der Waals surface area contributed by atoms with Crippen molar-refractivity contribution in [3.05, 3.63) is 30.1 Å². The highest BCUT2D eigenvalue weighted by atomic mass is 16.5. The molecular weight excluding hydrogens is 440 g/mol. The molecule has 0 radical (unpaired) electrons. The van der Waals surface area contributed by atoms with Gasteiger partial charge in [-0.05, 0) is 82.4 Å². The Morgan fingerprint density at radius 1 is 1.03 bits per heavy atom. The molecule has 3 N–H and O–H groups in total. The second-order valence-electron chi connectivity index (χ2n) is 10.6. The van der Waals surface area contributed by atoms with E-state index >= 15 is 0 Å². The van der Waals surface area contributed by atoms with Crippen LogP contribution in [-0.2, 0) is 0 Å². The van der Waals surface area contributed by atoms with E-state index in [0.29, 0.717) is 23.8 Å². The standard InChI is InChI=1S/C27H40N6O2/c1-35-25-16-22(10-13-28-25)31-27-29-17-24(26(32-27)30-21-6-8-23(34)9-7-21)20-11-14-33(15-12-20)18-19-4-2-3-5-19/h10,13,16-17,19-21,23,34H,2-9,11-12,14-15,18H2,1H3,(H2,28,29,30,31,32)/t21-,23-. The summed E-state index contributed by atoms with van der Waals surface area (Å²) < 4.78 is 5.25. The molecule has 2 aliphatic carbocycles. The van der Waals surface area contributed by atoms with E-state index in [9.17, 15) is 5.11 Å². The Morgan fingerprint density at radius 3 is 2.54 bits per heavy atom. The van der Waals surface area contributed by atoms with Crippen LogP contribution in [0.2, 0.25) is 0 Å². The van der Waals surface area contributed by atoms with Crippen molar-refractivity contribution >= 4 is 17.5 Å². The summed E-state index contributed by atoms with van der Waals surface area (Å²) in [4.78, 5) is 16.5. The van der Waals surface area contributed by atoms with E-state index in [1.54, 1.807) is 13.3 Å². The molecule has 190 valence electrons. The predicted molar refractivity (Wildman–Crippen MR) is 138 cm³/mol. The lowest BCUT2D eigenvalue weighted by atomic mass is 9.89. The summed E-state index contributed by atoms with van der Waals surface area (Å²) in [6, 6.07) is 4.06. The van der Waals surface area contributed by atoms with Gasteiger partial charge in [-0.1, -0.05) is 12.8 Å². The molecule has 1 aliphatic heterocycles. The molecule has 2 saturated carbocycles. The number of methoxy groups -OCH3 is 1. The smallest absolute Gasteiger partial charge is 0.229 e. The quantitative estimate of drug-likeness (QED) is 0.500. The Kier molecular flexibility index (Phi) is 7.99. The molecule has 35 heavy (non-hydrogen) atoms. The van der Waals surface area contributed by atoms with Crippen LogP contribution >= 0.6 is 0 Å². The van der Waals surface area contributed by atoms with Crippen LogP contribution in [0, 0.1) is 5.92 Å². The molecular formula is C27H40N6O2. The van der Waals surface area contributed by atoms with Gasteiger partial charge >= 0.3 is 0 Å². The molecule has 0 unspecified atom stereocenters. The maximum Gasteiger partial charge on any atom is 0.229 e. The van der Waals surface area contributed by atoms with Crippen molar-refractivity contribution in [2.45, 2.75) is 82.3 Å². The molecule has 8 nitrogen and oxygen atoms in total. The second kappa shape index (κ2) is 11.5. The average molecular weight is 481 g/mol. The number of anilines is 3. The maximum absolute atomic E-state index is 9.95. The second-order valence-corrected chi connectivity index (χ2v) is 10.6. The summed E-state index contributed by atoms with van der Waals surface area (Å²) in [6.45, 7) is 3.59. The van der Waals surface area contributed by atoms with Gasteiger partial charge in [0.25, 0.3) is 0 Å². The maximum atomic E-state index is 9.95. The van der Waals surface area contributed by atoms with Crippen LogP contribution in [-0.4, -0.2) is 63.8 Å². The van der Waals surface area contributed by atoms with E-state index in [2.05, 4.69) is 20.5 Å². The Labute approximate surface area is 208 Å². The molecule has 1 saturated heterocycles. The fourth-order valence-corrected chi connectivity index (χ4v) is 5.99. The molecule has 2 aromatic heterocycles. The number of nitrogens with one attached hydrogen (secondary N) is 2. The third-order valence-corrected chi connectivity index (χ3v) is 8.07. The van der Waals surface area contributed by atoms with E-state index in [1.807, 2.05) is 18.3 Å². The van der Waals surface area contributed by atoms with Crippen molar-refractivity contribution in [3.63, 3.8) is 0 Å². The Morgan fingerprint density at radius 2 is 1.80 bits per heavy atom. The number of aromatic nitrogens is 3. The Balaban J connectivity index is 1.30. The summed E-state index contributed by atoms with van der Waals surface area (Å²) in [5, 5.41) is 17.0. The summed E-state index contributed by atoms with van der Waals surface area (Å²) in [5.41, 5.74) is 2.08. The van der Waals surface area contributed by atoms with Crippen LogP contribution in [0.1, 0.15) is 75.7 Å². The average Bonchev–Trinajstić information content (AvgIpc) is 3.39. The SMILES string of the molecule is COc1cc(Nc2ncc(C3CCN(CC4CCCC4)CC3)c(N[C@H]3CC[C@H](O)CC3)n2)ccn1. The van der Waals surface area contributed by atoms with Gasteiger partial charge < -0.3 is 25.4 Å². The van der Waals surface area contributed by atoms with Crippen LogP contribution in [0.3, 0.4) is 0 Å². The summed E-state index contributed by atoms with van der Waals surface area (Å²) in [7, 11) is 1.61. The topological polar surface area (TPSA) is 95.4 Å². The molecule has 3 heterocycles. The number of aliphatic hydroxyl groups is 1. The molecule has 0 bridgehead atoms. The van der Waals surface area contributed by atoms with E-state index in [-0.39, 0.29) is 6.10 Å². The molecule has 5 rings (SSSR count). The van der Waals surface area contributed by atoms with Gasteiger partial charge in [-0.2, -0.15) is 4.98 Å². The van der Waals surface area contributed by atoms with Gasteiger partial charge in [-0.25, -0.2) is 9.97 Å². The fraction of sp³-hybridized carbons (Fsp3) is 0.667. The normalized spacial score (nSPS) is 24.4. The number of aliphatic hydroxyl groups excluding tert-OH is 1. The summed E-state index contributed by atoms with van der Waals surface area (Å²) >= 11 is 0. The van der Waals surface area contributed by atoms with Crippen molar-refractivity contribution in [1.29, 1.82) is 0 Å². The Bertz CT molecular complexity index is 950. The number of pyridine rings is 1. The molecule has 0 spiro atoms. The van der Waals surface area contributed by atoms with Crippen LogP contribution in [0.15, 0.2) is 24.5 Å². The fourth-order valence-electron chi connectivity index (χ4n) is 5.99. The number of piperidine rings is 1. The number of likely N-dealkylation sites (tertiary alicyclic amines) is 1. The van der Waals surface area contributed by atoms with Crippen molar-refractivity contribution in [1.82, 2.24) is 19.9 Å². The first-order chi connectivity index (χ1) is 17.2. The zero-order chi connectivity index (χ0) is 24.0. The number of nitrogens with zero attached hydrogens (tertiary/aromatic N) is 4. The van der Waals surface area contributed by atoms with Crippen molar-refractivity contribution in [2.24, 2.45) is 5.92 Å². The predicted octanol–water partition coefficient (Wildman–Crippen LogP) is 4.71. The van der Waals surface area contributed by atoms with Crippen LogP contribution < -0.4 is 15.4 Å². The molecule has 8 heteroatoms. The third-order valence-electron chi connectivity index (χ3n) is 8.07. The number of rotatable bonds is 8. The lowest BCUT2D eigenvalue weighted by Gasteiger charge is -2.34. The highest BCUT2D eigenvalue weighted by Gasteiger charge is 2.28. The lowest BCUT2D eigenvalue weighted by Crippen LogP contribution is -2.36. The first-order valence-corrected chi connectivity index (χ1v) is 13.5. The number of ether oxygens (including phenoxy) is 1. The van der Waals surface area contributed by atoms with Gasteiger partial charge in [0.1, 0.15) is 5.82 Å². The summed E-state index contributed by atoms with van der Waals surface area (Å²) in [6.07, 6.45) is 15.2. The van der Waals surface area contributed by atoms with E-state index in [4.69, 9.17) is 14.7 Å². The lowest BCUT2D eigenvalue weighted by molar-refractivity contribution is 0.126. The third kappa shape index (κ3) is 6.41. The van der Waals surface area contributed by atoms with Gasteiger partial charge in [0, 0.05) is 42.3 Å². The highest BCUT2D eigenvalue weighted by molar-refractivity contribution is 5.57. The molecule has 2 aromatic rings. The molecule has 0 aromatic carbocycles. The molecule has 3 fully saturated rings. The monoisotopic (exact) mass is 480 g/mol. The van der Waals surface area contributed by atoms with E-state index in [1.165, 1.54) is 37.8 Å². The van der Waals surface area contributed by atoms with Gasteiger partial charge in [0.2, 0.25) is 11.8 Å². The first kappa shape index (κ1) is 24.3. The number of hydrogen-bond donors (Lipinski definition) is 3. The van der Waals surface area contributed by atoms with Crippen LogP contribution in [0.4, 0.5) is 17.5 Å². The first-order valence-electron chi connectivity index (χ1n) is 13.5. The van der Waals surface area contributed by atoms with Crippen LogP contribution in [0.5, 0.6) is 5.88 Å². The van der Waals surface area contributed by atoms with Gasteiger partial charge in [-0.3, -0.25) is 0 Å². The van der Waals surface area contributed by atoms with E-state index in [0.717, 1.165) is 69.0 Å². The summed E-state index contributed by atoms with van der Waals surface area (Å²) in [5.74, 6) is 3.45. The molecule has 0 amide bonds. The van der Waals surface area contributed by atoms with Gasteiger partial charge in [0.05, 0.1) is 13.2 Å². The van der Waals surface area contributed by atoms with Crippen molar-refractivity contribution < 1.29 is 9.84 Å². The number of hydrogen-bond acceptors (Lipinski definition) is 8. The zero-order valence-electron chi connectivity index (χ0n) is 21.0. The zero-order valence-corrected chi connectivity index (χ0v) is 21.0. The molecule has 0 atom stereocenters. The van der Waals surface area contributed by atoms with Gasteiger partial charge in [-0.15, -0.1) is 0 Å². The van der Waals surface area contributed by atoms with Crippen molar-refractivity contribution in [2.75, 3.05) is 37.4 Å². The minimum absolute atomic E-state index is 0.166.